The van der Waals surface area contributed by atoms with Crippen molar-refractivity contribution in [1.82, 2.24) is 0 Å². The van der Waals surface area contributed by atoms with Crippen LogP contribution in [0.5, 0.6) is 23.0 Å². The lowest BCUT2D eigenvalue weighted by Crippen LogP contribution is -1.98. The van der Waals surface area contributed by atoms with E-state index >= 15 is 0 Å². The molecule has 0 spiro atoms. The fourth-order valence-electron chi connectivity index (χ4n) is 2.90. The highest BCUT2D eigenvalue weighted by atomic mass is 16.5. The topological polar surface area (TPSA) is 58.9 Å². The zero-order valence-electron chi connectivity index (χ0n) is 15.3. The molecule has 0 radical (unpaired) electrons. The third kappa shape index (κ3) is 4.42. The summed E-state index contributed by atoms with van der Waals surface area (Å²) in [4.78, 5) is 0. The van der Waals surface area contributed by atoms with Crippen molar-refractivity contribution in [3.63, 3.8) is 0 Å². The van der Waals surface area contributed by atoms with Crippen molar-refractivity contribution in [3.8, 4) is 23.0 Å². The molecule has 0 aliphatic rings. The summed E-state index contributed by atoms with van der Waals surface area (Å²) in [5.41, 5.74) is 3.71. The lowest BCUT2D eigenvalue weighted by Gasteiger charge is -2.14. The van der Waals surface area contributed by atoms with Crippen LogP contribution in [0.25, 0.3) is 12.2 Å². The second-order valence-electron chi connectivity index (χ2n) is 6.13. The quantitative estimate of drug-likeness (QED) is 0.614. The maximum Gasteiger partial charge on any atom is 0.126 e. The van der Waals surface area contributed by atoms with Gasteiger partial charge in [-0.25, -0.2) is 0 Å². The Kier molecular flexibility index (Phi) is 5.67. The van der Waals surface area contributed by atoms with E-state index in [1.807, 2.05) is 48.6 Å². The van der Waals surface area contributed by atoms with Crippen LogP contribution < -0.4 is 9.47 Å². The Bertz CT molecular complexity index is 943. The first-order valence-corrected chi connectivity index (χ1v) is 8.59. The lowest BCUT2D eigenvalue weighted by molar-refractivity contribution is 0.391. The van der Waals surface area contributed by atoms with Crippen LogP contribution in [-0.4, -0.2) is 24.4 Å². The van der Waals surface area contributed by atoms with Gasteiger partial charge in [0, 0.05) is 23.6 Å². The molecule has 2 N–H and O–H groups in total. The third-order valence-corrected chi connectivity index (χ3v) is 4.37. The van der Waals surface area contributed by atoms with E-state index in [4.69, 9.17) is 9.47 Å². The molecule has 0 atom stereocenters. The van der Waals surface area contributed by atoms with Crippen LogP contribution in [0.2, 0.25) is 0 Å². The molecule has 3 aromatic carbocycles. The smallest absolute Gasteiger partial charge is 0.126 e. The average Bonchev–Trinajstić information content (AvgIpc) is 2.69. The lowest BCUT2D eigenvalue weighted by atomic mass is 9.97. The zero-order valence-corrected chi connectivity index (χ0v) is 15.3. The maximum atomic E-state index is 10.00. The summed E-state index contributed by atoms with van der Waals surface area (Å²) in [5.74, 6) is 1.88. The monoisotopic (exact) mass is 362 g/mol. The first-order valence-electron chi connectivity index (χ1n) is 8.59. The molecule has 0 heterocycles. The number of ether oxygens (including phenoxy) is 2. The second-order valence-corrected chi connectivity index (χ2v) is 6.13. The number of hydrogen-bond acceptors (Lipinski definition) is 4. The molecule has 0 amide bonds. The first kappa shape index (κ1) is 18.4. The first-order chi connectivity index (χ1) is 13.1. The molecule has 0 aromatic heterocycles. The van der Waals surface area contributed by atoms with Crippen LogP contribution in [0, 0.1) is 0 Å². The van der Waals surface area contributed by atoms with E-state index in [0.29, 0.717) is 12.2 Å². The standard InChI is InChI=1S/C23H22O4/c1-26-20-14-18(10-9-17-5-3-4-6-22(17)25)21(23(15-20)27-2)13-16-7-11-19(24)12-8-16/h3-12,14-15,24-25H,13H2,1-2H3/b10-9+. The highest BCUT2D eigenvalue weighted by molar-refractivity contribution is 5.75. The van der Waals surface area contributed by atoms with Crippen molar-refractivity contribution >= 4 is 12.2 Å². The Morgan fingerprint density at radius 3 is 2.19 bits per heavy atom. The molecule has 0 aliphatic heterocycles. The predicted octanol–water partition coefficient (Wildman–Crippen LogP) is 4.88. The average molecular weight is 362 g/mol. The van der Waals surface area contributed by atoms with Gasteiger partial charge < -0.3 is 19.7 Å². The van der Waals surface area contributed by atoms with Gasteiger partial charge in [-0.1, -0.05) is 42.5 Å². The molecule has 0 fully saturated rings. The molecule has 138 valence electrons. The summed E-state index contributed by atoms with van der Waals surface area (Å²) in [6.07, 6.45) is 4.44. The van der Waals surface area contributed by atoms with E-state index in [1.54, 1.807) is 38.5 Å². The minimum absolute atomic E-state index is 0.226. The van der Waals surface area contributed by atoms with Crippen LogP contribution in [0.3, 0.4) is 0 Å². The fraction of sp³-hybridized carbons (Fsp3) is 0.130. The van der Waals surface area contributed by atoms with Gasteiger partial charge in [0.05, 0.1) is 14.2 Å². The Labute approximate surface area is 158 Å². The number of benzene rings is 3. The van der Waals surface area contributed by atoms with E-state index in [0.717, 1.165) is 28.0 Å². The van der Waals surface area contributed by atoms with E-state index in [1.165, 1.54) is 0 Å². The Balaban J connectivity index is 2.04. The number of methoxy groups -OCH3 is 2. The normalized spacial score (nSPS) is 10.9. The van der Waals surface area contributed by atoms with Crippen molar-refractivity contribution in [2.24, 2.45) is 0 Å². The molecule has 0 saturated heterocycles. The van der Waals surface area contributed by atoms with Gasteiger partial charge in [-0.2, -0.15) is 0 Å². The SMILES string of the molecule is COc1cc(/C=C/c2ccccc2O)c(Cc2ccc(O)cc2)c(OC)c1. The highest BCUT2D eigenvalue weighted by Crippen LogP contribution is 2.32. The summed E-state index contributed by atoms with van der Waals surface area (Å²) in [7, 11) is 3.25. The molecule has 0 unspecified atom stereocenters. The number of phenols is 2. The van der Waals surface area contributed by atoms with Gasteiger partial charge in [-0.15, -0.1) is 0 Å². The van der Waals surface area contributed by atoms with Gasteiger partial charge >= 0.3 is 0 Å². The van der Waals surface area contributed by atoms with E-state index < -0.39 is 0 Å². The van der Waals surface area contributed by atoms with Gasteiger partial charge in [0.1, 0.15) is 23.0 Å². The van der Waals surface area contributed by atoms with E-state index in [9.17, 15) is 10.2 Å². The van der Waals surface area contributed by atoms with Crippen molar-refractivity contribution in [3.05, 3.63) is 82.9 Å². The fourth-order valence-corrected chi connectivity index (χ4v) is 2.90. The van der Waals surface area contributed by atoms with Crippen molar-refractivity contribution in [2.45, 2.75) is 6.42 Å². The molecule has 3 rings (SSSR count). The molecule has 0 saturated carbocycles. The minimum Gasteiger partial charge on any atom is -0.508 e. The van der Waals surface area contributed by atoms with Crippen LogP contribution in [0.15, 0.2) is 60.7 Å². The van der Waals surface area contributed by atoms with E-state index in [2.05, 4.69) is 0 Å². The molecular weight excluding hydrogens is 340 g/mol. The van der Waals surface area contributed by atoms with Gasteiger partial charge in [0.15, 0.2) is 0 Å². The molecular formula is C23H22O4. The molecule has 4 nitrogen and oxygen atoms in total. The number of phenolic OH excluding ortho intramolecular Hbond substituents is 2. The Morgan fingerprint density at radius 2 is 1.52 bits per heavy atom. The Morgan fingerprint density at radius 1 is 0.815 bits per heavy atom. The molecule has 4 heteroatoms. The summed E-state index contributed by atoms with van der Waals surface area (Å²) in [6, 6.07) is 18.1. The second kappa shape index (κ2) is 8.32. The van der Waals surface area contributed by atoms with Gasteiger partial charge in [0.25, 0.3) is 0 Å². The largest absolute Gasteiger partial charge is 0.508 e. The van der Waals surface area contributed by atoms with Crippen molar-refractivity contribution < 1.29 is 19.7 Å². The Hall–Kier alpha value is -3.40. The number of rotatable bonds is 6. The molecule has 0 bridgehead atoms. The van der Waals surface area contributed by atoms with Crippen LogP contribution in [0.4, 0.5) is 0 Å². The van der Waals surface area contributed by atoms with Crippen LogP contribution in [-0.2, 0) is 6.42 Å². The van der Waals surface area contributed by atoms with Gasteiger partial charge in [-0.3, -0.25) is 0 Å². The van der Waals surface area contributed by atoms with Gasteiger partial charge in [-0.05, 0) is 35.4 Å². The van der Waals surface area contributed by atoms with Crippen LogP contribution in [0.1, 0.15) is 22.3 Å². The number of hydrogen-bond donors (Lipinski definition) is 2. The summed E-state index contributed by atoms with van der Waals surface area (Å²) in [6.45, 7) is 0. The summed E-state index contributed by atoms with van der Waals surface area (Å²) >= 11 is 0. The predicted molar refractivity (Wildman–Crippen MR) is 107 cm³/mol. The molecule has 27 heavy (non-hydrogen) atoms. The summed E-state index contributed by atoms with van der Waals surface area (Å²) < 4.78 is 11.0. The summed E-state index contributed by atoms with van der Waals surface area (Å²) in [5, 5.41) is 19.5. The van der Waals surface area contributed by atoms with Crippen molar-refractivity contribution in [2.75, 3.05) is 14.2 Å². The molecule has 3 aromatic rings. The highest BCUT2D eigenvalue weighted by Gasteiger charge is 2.12. The molecule has 0 aliphatic carbocycles. The number of aromatic hydroxyl groups is 2. The number of para-hydroxylation sites is 1. The maximum absolute atomic E-state index is 10.00. The van der Waals surface area contributed by atoms with Crippen LogP contribution >= 0.6 is 0 Å². The van der Waals surface area contributed by atoms with Gasteiger partial charge in [0.2, 0.25) is 0 Å². The van der Waals surface area contributed by atoms with E-state index in [-0.39, 0.29) is 11.5 Å². The van der Waals surface area contributed by atoms with Crippen molar-refractivity contribution in [1.29, 1.82) is 0 Å². The third-order valence-electron chi connectivity index (χ3n) is 4.37. The zero-order chi connectivity index (χ0) is 19.2. The minimum atomic E-state index is 0.226.